The van der Waals surface area contributed by atoms with E-state index in [1.165, 1.54) is 27.4 Å². The summed E-state index contributed by atoms with van der Waals surface area (Å²) in [5, 5.41) is 1.02. The van der Waals surface area contributed by atoms with Crippen LogP contribution >= 0.6 is 0 Å². The van der Waals surface area contributed by atoms with E-state index < -0.39 is 0 Å². The Bertz CT molecular complexity index is 1040. The van der Waals surface area contributed by atoms with Crippen molar-refractivity contribution >= 4 is 14.7 Å². The predicted molar refractivity (Wildman–Crippen MR) is 131 cm³/mol. The lowest BCUT2D eigenvalue weighted by atomic mass is 9.93. The maximum atomic E-state index is 4.47. The molecule has 0 bridgehead atoms. The topological polar surface area (TPSA) is 17.8 Å². The number of benzene rings is 3. The van der Waals surface area contributed by atoms with Gasteiger partial charge in [-0.1, -0.05) is 111 Å². The van der Waals surface area contributed by atoms with E-state index in [1.807, 2.05) is 12.5 Å². The first kappa shape index (κ1) is 21.3. The molecular weight excluding hydrogens is 392 g/mol. The Morgan fingerprint density at radius 3 is 1.90 bits per heavy atom. The Morgan fingerprint density at radius 1 is 0.774 bits per heavy atom. The average molecular weight is 423 g/mol. The van der Waals surface area contributed by atoms with Gasteiger partial charge in [0, 0.05) is 12.4 Å². The van der Waals surface area contributed by atoms with E-state index in [4.69, 9.17) is 0 Å². The van der Waals surface area contributed by atoms with Gasteiger partial charge in [0.05, 0.1) is 11.5 Å². The highest BCUT2D eigenvalue weighted by atomic mass is 28.2. The average Bonchev–Trinajstić information content (AvgIpc) is 3.34. The molecule has 0 spiro atoms. The van der Waals surface area contributed by atoms with Crippen LogP contribution in [0.2, 0.25) is 0 Å². The smallest absolute Gasteiger partial charge is 0.127 e. The highest BCUT2D eigenvalue weighted by molar-refractivity contribution is 6.57. The first-order chi connectivity index (χ1) is 15.3. The fourth-order valence-corrected chi connectivity index (χ4v) is 5.98. The van der Waals surface area contributed by atoms with Crippen LogP contribution in [0.15, 0.2) is 97.6 Å². The van der Waals surface area contributed by atoms with Gasteiger partial charge < -0.3 is 4.57 Å². The second kappa shape index (κ2) is 9.93. The molecular formula is C28H30N2Si. The minimum atomic E-state index is -0.328. The minimum absolute atomic E-state index is 0.328. The molecule has 0 atom stereocenters. The SMILES string of the molecule is CCCc1cccc(C([Si]c2ccccc2)(c2cccc(CCC)c2)n2ccnc2)c1. The second-order valence-corrected chi connectivity index (χ2v) is 9.62. The zero-order valence-electron chi connectivity index (χ0n) is 18.5. The van der Waals surface area contributed by atoms with Gasteiger partial charge in [-0.15, -0.1) is 0 Å². The first-order valence-corrected chi connectivity index (χ1v) is 12.3. The van der Waals surface area contributed by atoms with Crippen LogP contribution in [0.4, 0.5) is 0 Å². The summed E-state index contributed by atoms with van der Waals surface area (Å²) in [5.41, 5.74) is 5.44. The maximum absolute atomic E-state index is 4.47. The monoisotopic (exact) mass is 422 g/mol. The fourth-order valence-electron chi connectivity index (χ4n) is 4.34. The number of hydrogen-bond donors (Lipinski definition) is 0. The molecule has 0 saturated heterocycles. The lowest BCUT2D eigenvalue weighted by Crippen LogP contribution is -2.46. The Kier molecular flexibility index (Phi) is 6.83. The molecule has 3 heteroatoms. The second-order valence-electron chi connectivity index (χ2n) is 8.07. The van der Waals surface area contributed by atoms with Crippen LogP contribution in [0.5, 0.6) is 0 Å². The van der Waals surface area contributed by atoms with Gasteiger partial charge in [0.25, 0.3) is 0 Å². The number of imidazole rings is 1. The molecule has 0 fully saturated rings. The van der Waals surface area contributed by atoms with Gasteiger partial charge in [-0.25, -0.2) is 4.98 Å². The van der Waals surface area contributed by atoms with E-state index in [0.717, 1.165) is 25.7 Å². The van der Waals surface area contributed by atoms with Crippen molar-refractivity contribution in [3.05, 3.63) is 120 Å². The summed E-state index contributed by atoms with van der Waals surface area (Å²) in [5.74, 6) is 0. The summed E-state index contributed by atoms with van der Waals surface area (Å²) in [4.78, 5) is 4.47. The Hall–Kier alpha value is -2.91. The van der Waals surface area contributed by atoms with Gasteiger partial charge in [-0.3, -0.25) is 0 Å². The lowest BCUT2D eigenvalue weighted by Gasteiger charge is -2.37. The van der Waals surface area contributed by atoms with Gasteiger partial charge in [-0.05, 0) is 35.1 Å². The quantitative estimate of drug-likeness (QED) is 0.323. The van der Waals surface area contributed by atoms with Crippen LogP contribution in [0.25, 0.3) is 0 Å². The van der Waals surface area contributed by atoms with Gasteiger partial charge >= 0.3 is 0 Å². The number of aryl methyl sites for hydroxylation is 2. The molecule has 0 aliphatic carbocycles. The first-order valence-electron chi connectivity index (χ1n) is 11.3. The summed E-state index contributed by atoms with van der Waals surface area (Å²) >= 11 is 0. The van der Waals surface area contributed by atoms with Crippen LogP contribution < -0.4 is 5.19 Å². The summed E-state index contributed by atoms with van der Waals surface area (Å²) < 4.78 is 2.31. The van der Waals surface area contributed by atoms with Crippen LogP contribution in [-0.2, 0) is 18.0 Å². The Morgan fingerprint density at radius 2 is 1.39 bits per heavy atom. The van der Waals surface area contributed by atoms with Crippen molar-refractivity contribution in [1.29, 1.82) is 0 Å². The largest absolute Gasteiger partial charge is 0.326 e. The van der Waals surface area contributed by atoms with Gasteiger partial charge in [-0.2, -0.15) is 0 Å². The Labute approximate surface area is 188 Å². The molecule has 4 aromatic rings. The lowest BCUT2D eigenvalue weighted by molar-refractivity contribution is 0.594. The molecule has 156 valence electrons. The molecule has 1 heterocycles. The zero-order valence-corrected chi connectivity index (χ0v) is 19.5. The molecule has 0 aliphatic rings. The minimum Gasteiger partial charge on any atom is -0.326 e. The van der Waals surface area contributed by atoms with E-state index in [2.05, 4.69) is 108 Å². The third-order valence-electron chi connectivity index (χ3n) is 5.76. The molecule has 3 aromatic carbocycles. The molecule has 0 saturated carbocycles. The number of rotatable bonds is 9. The predicted octanol–water partition coefficient (Wildman–Crippen LogP) is 5.57. The van der Waals surface area contributed by atoms with Crippen molar-refractivity contribution in [2.75, 3.05) is 0 Å². The van der Waals surface area contributed by atoms with E-state index in [9.17, 15) is 0 Å². The van der Waals surface area contributed by atoms with Crippen molar-refractivity contribution in [3.63, 3.8) is 0 Å². The summed E-state index contributed by atoms with van der Waals surface area (Å²) in [7, 11) is 0.535. The van der Waals surface area contributed by atoms with Crippen molar-refractivity contribution < 1.29 is 0 Å². The molecule has 4 rings (SSSR count). The van der Waals surface area contributed by atoms with Crippen molar-refractivity contribution in [1.82, 2.24) is 9.55 Å². The van der Waals surface area contributed by atoms with Crippen molar-refractivity contribution in [3.8, 4) is 0 Å². The molecule has 0 aliphatic heterocycles. The van der Waals surface area contributed by atoms with Crippen LogP contribution in [0.1, 0.15) is 48.9 Å². The molecule has 0 N–H and O–H groups in total. The van der Waals surface area contributed by atoms with Gasteiger partial charge in [0.2, 0.25) is 0 Å². The molecule has 1 aromatic heterocycles. The Balaban J connectivity index is 1.97. The summed E-state index contributed by atoms with van der Waals surface area (Å²) in [6, 6.07) is 29.2. The third-order valence-corrected chi connectivity index (χ3v) is 7.58. The molecule has 31 heavy (non-hydrogen) atoms. The van der Waals surface area contributed by atoms with Gasteiger partial charge in [0.15, 0.2) is 0 Å². The highest BCUT2D eigenvalue weighted by Crippen LogP contribution is 2.34. The molecule has 2 radical (unpaired) electrons. The van der Waals surface area contributed by atoms with Gasteiger partial charge in [0.1, 0.15) is 9.52 Å². The molecule has 2 nitrogen and oxygen atoms in total. The number of nitrogens with zero attached hydrogens (tertiary/aromatic N) is 2. The maximum Gasteiger partial charge on any atom is 0.127 e. The van der Waals surface area contributed by atoms with Crippen molar-refractivity contribution in [2.24, 2.45) is 0 Å². The number of hydrogen-bond acceptors (Lipinski definition) is 1. The third kappa shape index (κ3) is 4.57. The van der Waals surface area contributed by atoms with Crippen molar-refractivity contribution in [2.45, 2.75) is 44.7 Å². The van der Waals surface area contributed by atoms with E-state index in [1.54, 1.807) is 0 Å². The summed E-state index contributed by atoms with van der Waals surface area (Å²) in [6.07, 6.45) is 10.5. The molecule has 0 unspecified atom stereocenters. The van der Waals surface area contributed by atoms with Crippen LogP contribution in [0, 0.1) is 0 Å². The summed E-state index contributed by atoms with van der Waals surface area (Å²) in [6.45, 7) is 4.49. The van der Waals surface area contributed by atoms with Crippen LogP contribution in [-0.4, -0.2) is 19.1 Å². The fraction of sp³-hybridized carbons (Fsp3) is 0.250. The zero-order chi connectivity index (χ0) is 21.5. The highest BCUT2D eigenvalue weighted by Gasteiger charge is 2.37. The standard InChI is InChI=1S/C28H30N2Si/c1-3-10-23-12-8-14-25(20-23)28(30-19-18-29-22-30,31-27-16-6-5-7-17-27)26-15-9-13-24(21-26)11-4-2/h5-9,12-22H,3-4,10-11H2,1-2H3. The normalized spacial score (nSPS) is 11.5. The van der Waals surface area contributed by atoms with E-state index >= 15 is 0 Å². The molecule has 0 amide bonds. The van der Waals surface area contributed by atoms with E-state index in [-0.39, 0.29) is 5.16 Å². The van der Waals surface area contributed by atoms with E-state index in [0.29, 0.717) is 9.52 Å². The number of aromatic nitrogens is 2. The van der Waals surface area contributed by atoms with Crippen LogP contribution in [0.3, 0.4) is 0 Å².